The molecule has 2 aliphatic carbocycles. The Morgan fingerprint density at radius 2 is 1.82 bits per heavy atom. The molecular formula is C15H17BrO. The van der Waals surface area contributed by atoms with Crippen molar-refractivity contribution in [1.82, 2.24) is 0 Å². The fraction of sp³-hybridized carbons (Fsp3) is 0.600. The molecule has 0 spiro atoms. The quantitative estimate of drug-likeness (QED) is 0.743. The van der Waals surface area contributed by atoms with Gasteiger partial charge in [-0.2, -0.15) is 0 Å². The zero-order valence-electron chi connectivity index (χ0n) is 9.86. The van der Waals surface area contributed by atoms with E-state index >= 15 is 0 Å². The monoisotopic (exact) mass is 292 g/mol. The predicted molar refractivity (Wildman–Crippen MR) is 70.9 cm³/mol. The molecular weight excluding hydrogens is 276 g/mol. The molecule has 4 rings (SSSR count). The first-order valence-electron chi connectivity index (χ1n) is 6.65. The smallest absolute Gasteiger partial charge is 0.0725 e. The summed E-state index contributed by atoms with van der Waals surface area (Å²) >= 11 is 3.93. The molecule has 3 aliphatic rings. The van der Waals surface area contributed by atoms with Crippen molar-refractivity contribution in [2.24, 2.45) is 17.8 Å². The molecule has 2 fully saturated rings. The van der Waals surface area contributed by atoms with Crippen molar-refractivity contribution in [3.8, 4) is 0 Å². The van der Waals surface area contributed by atoms with Gasteiger partial charge < -0.3 is 4.74 Å². The highest BCUT2D eigenvalue weighted by atomic mass is 79.9. The molecule has 3 atom stereocenters. The minimum absolute atomic E-state index is 0.557. The van der Waals surface area contributed by atoms with Gasteiger partial charge in [-0.05, 0) is 53.7 Å². The summed E-state index contributed by atoms with van der Waals surface area (Å²) in [6.07, 6.45) is 4.39. The number of rotatable bonds is 2. The Kier molecular flexibility index (Phi) is 2.38. The van der Waals surface area contributed by atoms with Crippen molar-refractivity contribution in [3.63, 3.8) is 0 Å². The summed E-state index contributed by atoms with van der Waals surface area (Å²) < 4.78 is 5.48. The molecule has 0 radical (unpaired) electrons. The molecule has 2 heteroatoms. The highest BCUT2D eigenvalue weighted by molar-refractivity contribution is 9.09. The van der Waals surface area contributed by atoms with Crippen LogP contribution in [0.1, 0.15) is 40.8 Å². The van der Waals surface area contributed by atoms with E-state index in [-0.39, 0.29) is 0 Å². The summed E-state index contributed by atoms with van der Waals surface area (Å²) in [5.41, 5.74) is 4.23. The van der Waals surface area contributed by atoms with Crippen molar-refractivity contribution in [2.45, 2.75) is 37.3 Å². The fourth-order valence-electron chi connectivity index (χ4n) is 3.64. The maximum absolute atomic E-state index is 5.48. The van der Waals surface area contributed by atoms with Gasteiger partial charge in [0.2, 0.25) is 0 Å². The lowest BCUT2D eigenvalue weighted by molar-refractivity contribution is 0.134. The first kappa shape index (κ1) is 10.6. The van der Waals surface area contributed by atoms with Gasteiger partial charge in [-0.1, -0.05) is 34.1 Å². The Labute approximate surface area is 111 Å². The number of hydrogen-bond acceptors (Lipinski definition) is 1. The number of benzene rings is 1. The second-order valence-electron chi connectivity index (χ2n) is 5.91. The van der Waals surface area contributed by atoms with E-state index < -0.39 is 0 Å². The maximum Gasteiger partial charge on any atom is 0.0725 e. The van der Waals surface area contributed by atoms with Gasteiger partial charge in [0.05, 0.1) is 13.2 Å². The molecule has 0 saturated heterocycles. The van der Waals surface area contributed by atoms with Crippen LogP contribution in [0.5, 0.6) is 0 Å². The Morgan fingerprint density at radius 3 is 2.65 bits per heavy atom. The molecule has 1 aromatic carbocycles. The SMILES string of the molecule is BrC(c1ccc2c(c1)COC2)C1CC2CC2C1. The lowest BCUT2D eigenvalue weighted by atomic mass is 9.93. The van der Waals surface area contributed by atoms with Crippen LogP contribution in [-0.2, 0) is 18.0 Å². The molecule has 2 saturated carbocycles. The fourth-order valence-corrected chi connectivity index (χ4v) is 4.35. The molecule has 3 unspecified atom stereocenters. The first-order chi connectivity index (χ1) is 8.31. The highest BCUT2D eigenvalue weighted by Gasteiger charge is 2.47. The van der Waals surface area contributed by atoms with E-state index in [4.69, 9.17) is 4.74 Å². The second-order valence-corrected chi connectivity index (χ2v) is 6.90. The van der Waals surface area contributed by atoms with Gasteiger partial charge in [-0.15, -0.1) is 0 Å². The molecule has 17 heavy (non-hydrogen) atoms. The number of ether oxygens (including phenoxy) is 1. The first-order valence-corrected chi connectivity index (χ1v) is 7.56. The number of fused-ring (bicyclic) bond motifs is 2. The van der Waals surface area contributed by atoms with E-state index in [0.29, 0.717) is 4.83 Å². The standard InChI is InChI=1S/C15H17BrO/c16-15(13-5-11-4-12(11)6-13)9-1-2-10-7-17-8-14(10)3-9/h1-3,11-13,15H,4-8H2. The summed E-state index contributed by atoms with van der Waals surface area (Å²) in [6, 6.07) is 6.89. The molecule has 1 aliphatic heterocycles. The van der Waals surface area contributed by atoms with E-state index in [1.807, 2.05) is 0 Å². The van der Waals surface area contributed by atoms with E-state index in [1.165, 1.54) is 36.0 Å². The van der Waals surface area contributed by atoms with Crippen LogP contribution in [0.2, 0.25) is 0 Å². The summed E-state index contributed by atoms with van der Waals surface area (Å²) in [6.45, 7) is 1.61. The number of halogens is 1. The molecule has 0 bridgehead atoms. The van der Waals surface area contributed by atoms with Gasteiger partial charge in [0.1, 0.15) is 0 Å². The normalized spacial score (nSPS) is 35.5. The highest BCUT2D eigenvalue weighted by Crippen LogP contribution is 2.58. The summed E-state index contributed by atoms with van der Waals surface area (Å²) in [4.78, 5) is 0.557. The van der Waals surface area contributed by atoms with Gasteiger partial charge in [-0.25, -0.2) is 0 Å². The van der Waals surface area contributed by atoms with E-state index in [0.717, 1.165) is 31.0 Å². The Bertz CT molecular complexity index is 446. The van der Waals surface area contributed by atoms with Crippen LogP contribution < -0.4 is 0 Å². The van der Waals surface area contributed by atoms with Crippen molar-refractivity contribution in [1.29, 1.82) is 0 Å². The van der Waals surface area contributed by atoms with E-state index in [1.54, 1.807) is 0 Å². The van der Waals surface area contributed by atoms with Crippen LogP contribution in [0.3, 0.4) is 0 Å². The molecule has 0 aromatic heterocycles. The van der Waals surface area contributed by atoms with Gasteiger partial charge in [0.25, 0.3) is 0 Å². The third-order valence-corrected chi connectivity index (χ3v) is 6.03. The van der Waals surface area contributed by atoms with Crippen LogP contribution in [0.15, 0.2) is 18.2 Å². The second kappa shape index (κ2) is 3.83. The van der Waals surface area contributed by atoms with Crippen LogP contribution in [-0.4, -0.2) is 0 Å². The van der Waals surface area contributed by atoms with Crippen LogP contribution in [0.4, 0.5) is 0 Å². The summed E-state index contributed by atoms with van der Waals surface area (Å²) in [5.74, 6) is 3.00. The maximum atomic E-state index is 5.48. The number of hydrogen-bond donors (Lipinski definition) is 0. The van der Waals surface area contributed by atoms with Crippen molar-refractivity contribution >= 4 is 15.9 Å². The van der Waals surface area contributed by atoms with Gasteiger partial charge >= 0.3 is 0 Å². The average molecular weight is 293 g/mol. The predicted octanol–water partition coefficient (Wildman–Crippen LogP) is 4.20. The molecule has 90 valence electrons. The number of alkyl halides is 1. The largest absolute Gasteiger partial charge is 0.372 e. The van der Waals surface area contributed by atoms with Gasteiger partial charge in [0.15, 0.2) is 0 Å². The minimum atomic E-state index is 0.557. The van der Waals surface area contributed by atoms with Crippen molar-refractivity contribution < 1.29 is 4.74 Å². The van der Waals surface area contributed by atoms with Crippen LogP contribution in [0, 0.1) is 17.8 Å². The topological polar surface area (TPSA) is 9.23 Å². The van der Waals surface area contributed by atoms with Crippen LogP contribution >= 0.6 is 15.9 Å². The van der Waals surface area contributed by atoms with Gasteiger partial charge in [0, 0.05) is 4.83 Å². The zero-order chi connectivity index (χ0) is 11.4. The Hall–Kier alpha value is -0.340. The lowest BCUT2D eigenvalue weighted by Gasteiger charge is -2.20. The van der Waals surface area contributed by atoms with Gasteiger partial charge in [-0.3, -0.25) is 0 Å². The van der Waals surface area contributed by atoms with Crippen LogP contribution in [0.25, 0.3) is 0 Å². The summed E-state index contributed by atoms with van der Waals surface area (Å²) in [5, 5.41) is 0. The average Bonchev–Trinajstić information content (AvgIpc) is 2.82. The lowest BCUT2D eigenvalue weighted by Crippen LogP contribution is -2.06. The molecule has 1 heterocycles. The van der Waals surface area contributed by atoms with E-state index in [2.05, 4.69) is 34.1 Å². The summed E-state index contributed by atoms with van der Waals surface area (Å²) in [7, 11) is 0. The third kappa shape index (κ3) is 1.77. The third-order valence-electron chi connectivity index (χ3n) is 4.76. The zero-order valence-corrected chi connectivity index (χ0v) is 11.4. The Balaban J connectivity index is 1.57. The minimum Gasteiger partial charge on any atom is -0.372 e. The molecule has 1 aromatic rings. The van der Waals surface area contributed by atoms with Crippen molar-refractivity contribution in [3.05, 3.63) is 34.9 Å². The molecule has 0 N–H and O–H groups in total. The Morgan fingerprint density at radius 1 is 1.06 bits per heavy atom. The molecule has 0 amide bonds. The van der Waals surface area contributed by atoms with E-state index in [9.17, 15) is 0 Å². The molecule has 1 nitrogen and oxygen atoms in total. The van der Waals surface area contributed by atoms with Crippen molar-refractivity contribution in [2.75, 3.05) is 0 Å².